The summed E-state index contributed by atoms with van der Waals surface area (Å²) in [5.41, 5.74) is 0.508. The first-order chi connectivity index (χ1) is 9.65. The lowest BCUT2D eigenvalue weighted by molar-refractivity contribution is -0.145. The van der Waals surface area contributed by atoms with E-state index in [1.807, 2.05) is 0 Å². The van der Waals surface area contributed by atoms with Gasteiger partial charge in [-0.15, -0.1) is 0 Å². The van der Waals surface area contributed by atoms with Crippen LogP contribution in [0.25, 0.3) is 0 Å². The molecule has 1 aromatic carbocycles. The molecule has 20 heavy (non-hydrogen) atoms. The molecule has 3 rings (SSSR count). The smallest absolute Gasteiger partial charge is 0.331 e. The van der Waals surface area contributed by atoms with Crippen LogP contribution < -0.4 is 4.90 Å². The lowest BCUT2D eigenvalue weighted by atomic mass is 9.92. The minimum Gasteiger partial charge on any atom is -0.467 e. The van der Waals surface area contributed by atoms with Gasteiger partial charge in [-0.1, -0.05) is 18.2 Å². The maximum atomic E-state index is 12.4. The molecule has 0 radical (unpaired) electrons. The van der Waals surface area contributed by atoms with E-state index in [1.54, 1.807) is 30.3 Å². The number of methoxy groups -OCH3 is 1. The zero-order chi connectivity index (χ0) is 14.3. The second-order valence-corrected chi connectivity index (χ2v) is 4.67. The van der Waals surface area contributed by atoms with Gasteiger partial charge in [0.05, 0.1) is 24.6 Å². The number of nitrogens with zero attached hydrogens (tertiary/aromatic N) is 2. The fourth-order valence-corrected chi connectivity index (χ4v) is 2.64. The number of carbonyl (C=O) groups excluding carboxylic acids is 3. The van der Waals surface area contributed by atoms with Crippen molar-refractivity contribution in [1.29, 1.82) is 0 Å². The minimum absolute atomic E-state index is 0.346. The van der Waals surface area contributed by atoms with E-state index < -0.39 is 29.8 Å². The first-order valence-electron chi connectivity index (χ1n) is 6.19. The fourth-order valence-electron chi connectivity index (χ4n) is 2.64. The van der Waals surface area contributed by atoms with Crippen molar-refractivity contribution in [2.75, 3.05) is 12.0 Å². The Balaban J connectivity index is 1.96. The second-order valence-electron chi connectivity index (χ2n) is 4.67. The third-order valence-corrected chi connectivity index (χ3v) is 3.60. The number of fused-ring (bicyclic) bond motifs is 1. The van der Waals surface area contributed by atoms with Gasteiger partial charge >= 0.3 is 5.97 Å². The van der Waals surface area contributed by atoms with Gasteiger partial charge in [0.1, 0.15) is 0 Å². The molecule has 1 saturated heterocycles. The van der Waals surface area contributed by atoms with E-state index in [-0.39, 0.29) is 5.91 Å². The van der Waals surface area contributed by atoms with Crippen molar-refractivity contribution >= 4 is 29.7 Å². The molecular weight excluding hydrogens is 260 g/mol. The van der Waals surface area contributed by atoms with Crippen LogP contribution in [0.15, 0.2) is 35.3 Å². The van der Waals surface area contributed by atoms with E-state index in [2.05, 4.69) is 9.73 Å². The lowest BCUT2D eigenvalue weighted by Crippen LogP contribution is -2.36. The minimum atomic E-state index is -0.921. The number of carbonyl (C=O) groups is 3. The van der Waals surface area contributed by atoms with Crippen LogP contribution in [-0.4, -0.2) is 37.1 Å². The number of para-hydroxylation sites is 1. The number of hydrogen-bond donors (Lipinski definition) is 0. The topological polar surface area (TPSA) is 76.0 Å². The first kappa shape index (κ1) is 12.5. The Morgan fingerprint density at radius 1 is 1.20 bits per heavy atom. The van der Waals surface area contributed by atoms with Gasteiger partial charge < -0.3 is 4.74 Å². The summed E-state index contributed by atoms with van der Waals surface area (Å²) in [6.45, 7) is 0. The van der Waals surface area contributed by atoms with E-state index in [0.717, 1.165) is 4.90 Å². The summed E-state index contributed by atoms with van der Waals surface area (Å²) >= 11 is 0. The molecule has 2 aliphatic heterocycles. The molecule has 2 amide bonds. The van der Waals surface area contributed by atoms with Gasteiger partial charge in [-0.2, -0.15) is 0 Å². The van der Waals surface area contributed by atoms with Crippen LogP contribution in [0, 0.1) is 11.8 Å². The summed E-state index contributed by atoms with van der Waals surface area (Å²) in [4.78, 5) is 41.5. The van der Waals surface area contributed by atoms with Crippen LogP contribution in [-0.2, 0) is 19.1 Å². The molecule has 3 atom stereocenters. The molecule has 0 N–H and O–H groups in total. The van der Waals surface area contributed by atoms with Gasteiger partial charge in [-0.3, -0.25) is 14.6 Å². The van der Waals surface area contributed by atoms with Crippen LogP contribution in [0.5, 0.6) is 0 Å². The quantitative estimate of drug-likeness (QED) is 0.577. The van der Waals surface area contributed by atoms with Crippen molar-refractivity contribution < 1.29 is 19.1 Å². The number of amides is 2. The number of anilines is 1. The molecule has 0 spiro atoms. The molecule has 1 fully saturated rings. The number of esters is 1. The largest absolute Gasteiger partial charge is 0.467 e. The Bertz CT molecular complexity index is 611. The molecule has 6 heteroatoms. The third-order valence-electron chi connectivity index (χ3n) is 3.60. The Labute approximate surface area is 115 Å². The molecule has 0 aliphatic carbocycles. The van der Waals surface area contributed by atoms with Crippen molar-refractivity contribution in [3.05, 3.63) is 30.3 Å². The second kappa shape index (κ2) is 4.56. The number of imide groups is 1. The molecule has 6 nitrogen and oxygen atoms in total. The molecule has 1 aromatic rings. The van der Waals surface area contributed by atoms with Crippen molar-refractivity contribution in [2.45, 2.75) is 6.04 Å². The highest BCUT2D eigenvalue weighted by atomic mass is 16.5. The normalized spacial score (nSPS) is 27.9. The summed E-state index contributed by atoms with van der Waals surface area (Å²) in [6.07, 6.45) is 1.38. The van der Waals surface area contributed by atoms with Gasteiger partial charge in [0.25, 0.3) is 0 Å². The molecule has 0 saturated carbocycles. The van der Waals surface area contributed by atoms with Crippen LogP contribution in [0.3, 0.4) is 0 Å². The summed E-state index contributed by atoms with van der Waals surface area (Å²) in [6, 6.07) is 7.73. The van der Waals surface area contributed by atoms with Crippen LogP contribution in [0.2, 0.25) is 0 Å². The summed E-state index contributed by atoms with van der Waals surface area (Å²) < 4.78 is 4.63. The monoisotopic (exact) mass is 272 g/mol. The summed E-state index contributed by atoms with van der Waals surface area (Å²) in [5, 5.41) is 0. The maximum Gasteiger partial charge on any atom is 0.331 e. The third kappa shape index (κ3) is 1.65. The molecule has 102 valence electrons. The maximum absolute atomic E-state index is 12.4. The SMILES string of the molecule is COC(=O)[C@H]1N=C[C@H]2C(=O)N(c3ccccc3)C(=O)[C@@H]12. The molecular formula is C14H12N2O4. The van der Waals surface area contributed by atoms with Crippen LogP contribution >= 0.6 is 0 Å². The van der Waals surface area contributed by atoms with E-state index in [1.165, 1.54) is 13.3 Å². The average molecular weight is 272 g/mol. The molecule has 0 unspecified atom stereocenters. The van der Waals surface area contributed by atoms with Gasteiger partial charge in [-0.25, -0.2) is 9.69 Å². The Kier molecular flexibility index (Phi) is 2.85. The highest BCUT2D eigenvalue weighted by Crippen LogP contribution is 2.36. The predicted octanol–water partition coefficient (Wildman–Crippen LogP) is 0.418. The summed E-state index contributed by atoms with van der Waals surface area (Å²) in [5.74, 6) is -2.80. The number of rotatable bonds is 2. The number of hydrogen-bond acceptors (Lipinski definition) is 5. The highest BCUT2D eigenvalue weighted by molar-refractivity contribution is 6.27. The summed E-state index contributed by atoms with van der Waals surface area (Å²) in [7, 11) is 1.24. The Hall–Kier alpha value is -2.50. The van der Waals surface area contributed by atoms with E-state index in [9.17, 15) is 14.4 Å². The molecule has 2 heterocycles. The fraction of sp³-hybridized carbons (Fsp3) is 0.286. The predicted molar refractivity (Wildman–Crippen MR) is 70.2 cm³/mol. The van der Waals surface area contributed by atoms with E-state index >= 15 is 0 Å². The van der Waals surface area contributed by atoms with E-state index in [4.69, 9.17) is 0 Å². The standard InChI is InChI=1S/C14H12N2O4/c1-20-14(19)11-10-9(7-15-11)12(17)16(13(10)18)8-5-3-2-4-6-8/h2-7,9-11H,1H3/t9-,10-,11+/m1/s1. The Morgan fingerprint density at radius 3 is 2.55 bits per heavy atom. The van der Waals surface area contributed by atoms with Gasteiger partial charge in [-0.05, 0) is 12.1 Å². The molecule has 2 aliphatic rings. The van der Waals surface area contributed by atoms with Crippen molar-refractivity contribution in [3.63, 3.8) is 0 Å². The number of benzene rings is 1. The first-order valence-corrected chi connectivity index (χ1v) is 6.19. The average Bonchev–Trinajstić information content (AvgIpc) is 3.01. The van der Waals surface area contributed by atoms with Gasteiger partial charge in [0.15, 0.2) is 6.04 Å². The van der Waals surface area contributed by atoms with Crippen LogP contribution in [0.1, 0.15) is 0 Å². The zero-order valence-electron chi connectivity index (χ0n) is 10.7. The van der Waals surface area contributed by atoms with Crippen molar-refractivity contribution in [1.82, 2.24) is 0 Å². The van der Waals surface area contributed by atoms with Gasteiger partial charge in [0, 0.05) is 6.21 Å². The molecule has 0 bridgehead atoms. The highest BCUT2D eigenvalue weighted by Gasteiger charge is 2.56. The van der Waals surface area contributed by atoms with E-state index in [0.29, 0.717) is 5.69 Å². The number of ether oxygens (including phenoxy) is 1. The molecule has 0 aromatic heterocycles. The van der Waals surface area contributed by atoms with Gasteiger partial charge in [0.2, 0.25) is 11.8 Å². The van der Waals surface area contributed by atoms with Crippen molar-refractivity contribution in [3.8, 4) is 0 Å². The van der Waals surface area contributed by atoms with Crippen LogP contribution in [0.4, 0.5) is 5.69 Å². The number of aliphatic imine (C=N–C) groups is 1. The zero-order valence-corrected chi connectivity index (χ0v) is 10.7. The van der Waals surface area contributed by atoms with Crippen molar-refractivity contribution in [2.24, 2.45) is 16.8 Å². The Morgan fingerprint density at radius 2 is 1.90 bits per heavy atom. The lowest BCUT2D eigenvalue weighted by Gasteiger charge is -2.16.